The molecule has 2 aromatic carbocycles. The molecule has 0 aliphatic rings. The lowest BCUT2D eigenvalue weighted by atomic mass is 10.2. The predicted molar refractivity (Wildman–Crippen MR) is 85.5 cm³/mol. The monoisotopic (exact) mass is 305 g/mol. The Hall–Kier alpha value is -1.87. The van der Waals surface area contributed by atoms with Crippen molar-refractivity contribution in [1.82, 2.24) is 0 Å². The second-order valence-electron chi connectivity index (χ2n) is 4.76. The van der Waals surface area contributed by atoms with Gasteiger partial charge in [0.15, 0.2) is 0 Å². The molecule has 110 valence electrons. The minimum atomic E-state index is -0.306. The van der Waals surface area contributed by atoms with Crippen LogP contribution in [0.5, 0.6) is 5.75 Å². The van der Waals surface area contributed by atoms with E-state index < -0.39 is 0 Å². The zero-order valence-electron chi connectivity index (χ0n) is 12.0. The third-order valence-corrected chi connectivity index (χ3v) is 3.33. The predicted octanol–water partition coefficient (Wildman–Crippen LogP) is 5.41. The van der Waals surface area contributed by atoms with E-state index >= 15 is 0 Å². The molecule has 0 radical (unpaired) electrons. The first-order valence-corrected chi connectivity index (χ1v) is 7.22. The number of benzene rings is 2. The summed E-state index contributed by atoms with van der Waals surface area (Å²) in [4.78, 5) is 4.22. The van der Waals surface area contributed by atoms with Crippen LogP contribution in [0.25, 0.3) is 0 Å². The molecule has 0 saturated heterocycles. The SMILES string of the molecule is CC[C@H](C)Oc1ccc(C=Nc2cccc(F)c2)cc1Cl. The molecular formula is C17H17ClFNO. The van der Waals surface area contributed by atoms with Gasteiger partial charge in [-0.2, -0.15) is 0 Å². The lowest BCUT2D eigenvalue weighted by Gasteiger charge is -2.13. The maximum atomic E-state index is 13.1. The molecule has 4 heteroatoms. The van der Waals surface area contributed by atoms with Crippen LogP contribution in [-0.4, -0.2) is 12.3 Å². The van der Waals surface area contributed by atoms with E-state index in [1.54, 1.807) is 24.4 Å². The van der Waals surface area contributed by atoms with E-state index in [0.717, 1.165) is 12.0 Å². The Morgan fingerprint density at radius 2 is 2.10 bits per heavy atom. The smallest absolute Gasteiger partial charge is 0.138 e. The fourth-order valence-electron chi connectivity index (χ4n) is 1.70. The van der Waals surface area contributed by atoms with Crippen LogP contribution in [0, 0.1) is 5.82 Å². The minimum absolute atomic E-state index is 0.120. The summed E-state index contributed by atoms with van der Waals surface area (Å²) in [5.74, 6) is 0.355. The number of ether oxygens (including phenoxy) is 1. The van der Waals surface area contributed by atoms with E-state index in [1.165, 1.54) is 12.1 Å². The summed E-state index contributed by atoms with van der Waals surface area (Å²) >= 11 is 6.19. The van der Waals surface area contributed by atoms with Gasteiger partial charge < -0.3 is 4.74 Å². The highest BCUT2D eigenvalue weighted by atomic mass is 35.5. The quantitative estimate of drug-likeness (QED) is 0.677. The summed E-state index contributed by atoms with van der Waals surface area (Å²) in [5.41, 5.74) is 1.40. The molecule has 0 bridgehead atoms. The highest BCUT2D eigenvalue weighted by Crippen LogP contribution is 2.26. The van der Waals surface area contributed by atoms with E-state index in [1.807, 2.05) is 19.1 Å². The first-order chi connectivity index (χ1) is 10.1. The fourth-order valence-corrected chi connectivity index (χ4v) is 1.93. The third kappa shape index (κ3) is 4.57. The van der Waals surface area contributed by atoms with Crippen LogP contribution in [-0.2, 0) is 0 Å². The van der Waals surface area contributed by atoms with E-state index in [0.29, 0.717) is 16.5 Å². The van der Waals surface area contributed by atoms with Gasteiger partial charge in [-0.1, -0.05) is 24.6 Å². The van der Waals surface area contributed by atoms with Crippen LogP contribution in [0.15, 0.2) is 47.5 Å². The molecule has 0 aliphatic carbocycles. The van der Waals surface area contributed by atoms with Crippen LogP contribution < -0.4 is 4.74 Å². The van der Waals surface area contributed by atoms with Crippen molar-refractivity contribution < 1.29 is 9.13 Å². The van der Waals surface area contributed by atoms with Gasteiger partial charge in [0, 0.05) is 6.21 Å². The Morgan fingerprint density at radius 1 is 1.29 bits per heavy atom. The van der Waals surface area contributed by atoms with Gasteiger partial charge in [0.25, 0.3) is 0 Å². The van der Waals surface area contributed by atoms with Crippen molar-refractivity contribution in [3.8, 4) is 5.75 Å². The highest BCUT2D eigenvalue weighted by molar-refractivity contribution is 6.32. The molecule has 0 aromatic heterocycles. The average molecular weight is 306 g/mol. The Morgan fingerprint density at radius 3 is 2.76 bits per heavy atom. The molecule has 21 heavy (non-hydrogen) atoms. The maximum absolute atomic E-state index is 13.1. The Labute approximate surface area is 129 Å². The van der Waals surface area contributed by atoms with Gasteiger partial charge >= 0.3 is 0 Å². The molecule has 2 aromatic rings. The van der Waals surface area contributed by atoms with Gasteiger partial charge in [0.2, 0.25) is 0 Å². The molecule has 2 rings (SSSR count). The van der Waals surface area contributed by atoms with Crippen LogP contribution in [0.3, 0.4) is 0 Å². The fraction of sp³-hybridized carbons (Fsp3) is 0.235. The molecule has 1 atom stereocenters. The van der Waals surface area contributed by atoms with Crippen LogP contribution in [0.1, 0.15) is 25.8 Å². The van der Waals surface area contributed by atoms with E-state index in [4.69, 9.17) is 16.3 Å². The third-order valence-electron chi connectivity index (χ3n) is 3.03. The van der Waals surface area contributed by atoms with Crippen LogP contribution >= 0.6 is 11.6 Å². The van der Waals surface area contributed by atoms with E-state index in [2.05, 4.69) is 11.9 Å². The van der Waals surface area contributed by atoms with Gasteiger partial charge in [0.1, 0.15) is 11.6 Å². The van der Waals surface area contributed by atoms with Crippen molar-refractivity contribution in [1.29, 1.82) is 0 Å². The van der Waals surface area contributed by atoms with E-state index in [9.17, 15) is 4.39 Å². The number of hydrogen-bond donors (Lipinski definition) is 0. The molecular weight excluding hydrogens is 289 g/mol. The van der Waals surface area contributed by atoms with Crippen molar-refractivity contribution in [3.63, 3.8) is 0 Å². The standard InChI is InChI=1S/C17H17ClFNO/c1-3-12(2)21-17-8-7-13(9-16(17)18)11-20-15-6-4-5-14(19)10-15/h4-12H,3H2,1-2H3/t12-/m0/s1. The lowest BCUT2D eigenvalue weighted by Crippen LogP contribution is -2.09. The summed E-state index contributed by atoms with van der Waals surface area (Å²) in [6.07, 6.45) is 2.68. The second kappa shape index (κ2) is 7.23. The molecule has 0 N–H and O–H groups in total. The maximum Gasteiger partial charge on any atom is 0.138 e. The van der Waals surface area contributed by atoms with Gasteiger partial charge in [-0.15, -0.1) is 0 Å². The van der Waals surface area contributed by atoms with Gasteiger partial charge in [-0.05, 0) is 55.3 Å². The summed E-state index contributed by atoms with van der Waals surface area (Å²) in [6, 6.07) is 11.6. The van der Waals surface area contributed by atoms with Crippen molar-refractivity contribution in [2.45, 2.75) is 26.4 Å². The molecule has 0 fully saturated rings. The van der Waals surface area contributed by atoms with Crippen molar-refractivity contribution in [3.05, 3.63) is 58.9 Å². The molecule has 0 heterocycles. The minimum Gasteiger partial charge on any atom is -0.489 e. The molecule has 0 aliphatic heterocycles. The first-order valence-electron chi connectivity index (χ1n) is 6.84. The molecule has 0 amide bonds. The van der Waals surface area contributed by atoms with Crippen molar-refractivity contribution in [2.75, 3.05) is 0 Å². The number of nitrogens with zero attached hydrogens (tertiary/aromatic N) is 1. The lowest BCUT2D eigenvalue weighted by molar-refractivity contribution is 0.217. The van der Waals surface area contributed by atoms with Crippen LogP contribution in [0.2, 0.25) is 5.02 Å². The number of hydrogen-bond acceptors (Lipinski definition) is 2. The summed E-state index contributed by atoms with van der Waals surface area (Å²) < 4.78 is 18.8. The van der Waals surface area contributed by atoms with Crippen LogP contribution in [0.4, 0.5) is 10.1 Å². The Kier molecular flexibility index (Phi) is 5.34. The van der Waals surface area contributed by atoms with Gasteiger partial charge in [-0.25, -0.2) is 4.39 Å². The van der Waals surface area contributed by atoms with Gasteiger partial charge in [0.05, 0.1) is 16.8 Å². The summed E-state index contributed by atoms with van der Waals surface area (Å²) in [6.45, 7) is 4.05. The zero-order valence-corrected chi connectivity index (χ0v) is 12.8. The number of rotatable bonds is 5. The zero-order chi connectivity index (χ0) is 15.2. The largest absolute Gasteiger partial charge is 0.489 e. The average Bonchev–Trinajstić information content (AvgIpc) is 2.47. The summed E-state index contributed by atoms with van der Waals surface area (Å²) in [5, 5.41) is 0.540. The van der Waals surface area contributed by atoms with Crippen molar-refractivity contribution >= 4 is 23.5 Å². The molecule has 0 unspecified atom stereocenters. The first kappa shape index (κ1) is 15.5. The highest BCUT2D eigenvalue weighted by Gasteiger charge is 2.06. The van der Waals surface area contributed by atoms with E-state index in [-0.39, 0.29) is 11.9 Å². The Balaban J connectivity index is 2.13. The van der Waals surface area contributed by atoms with Gasteiger partial charge in [-0.3, -0.25) is 4.99 Å². The number of aliphatic imine (C=N–C) groups is 1. The summed E-state index contributed by atoms with van der Waals surface area (Å²) in [7, 11) is 0. The number of halogens is 2. The molecule has 0 saturated carbocycles. The molecule has 0 spiro atoms. The van der Waals surface area contributed by atoms with Crippen molar-refractivity contribution in [2.24, 2.45) is 4.99 Å². The topological polar surface area (TPSA) is 21.6 Å². The Bertz CT molecular complexity index is 642. The molecule has 2 nitrogen and oxygen atoms in total. The normalized spacial score (nSPS) is 12.6. The second-order valence-corrected chi connectivity index (χ2v) is 5.17.